The van der Waals surface area contributed by atoms with Gasteiger partial charge in [-0.2, -0.15) is 25.3 Å². The first-order valence-electron chi connectivity index (χ1n) is 9.10. The minimum Gasteiger partial charge on any atom is -0.399 e. The van der Waals surface area contributed by atoms with Crippen LogP contribution in [0, 0.1) is 0 Å². The normalized spacial score (nSPS) is 11.8. The zero-order valence-electron chi connectivity index (χ0n) is 20.4. The van der Waals surface area contributed by atoms with Crippen molar-refractivity contribution in [2.24, 2.45) is 10.2 Å². The number of anilines is 2. The molecule has 0 bridgehead atoms. The number of nitrogens with one attached hydrogen (secondary N) is 1. The number of azo groups is 1. The minimum absolute atomic E-state index is 0. The predicted molar refractivity (Wildman–Crippen MR) is 140 cm³/mol. The predicted octanol–water partition coefficient (Wildman–Crippen LogP) is 1.39. The third-order valence-electron chi connectivity index (χ3n) is 4.42. The molecule has 0 heterocycles. The van der Waals surface area contributed by atoms with Gasteiger partial charge >= 0.3 is 0 Å². The van der Waals surface area contributed by atoms with E-state index in [1.54, 1.807) is 0 Å². The second kappa shape index (κ2) is 13.9. The van der Waals surface area contributed by atoms with Gasteiger partial charge in [0.1, 0.15) is 21.2 Å². The summed E-state index contributed by atoms with van der Waals surface area (Å²) in [4.78, 5) is 8.58. The number of nitrogen functional groups attached to an aromatic ring is 1. The Morgan fingerprint density at radius 2 is 1.32 bits per heavy atom. The maximum absolute atomic E-state index is 12.0. The summed E-state index contributed by atoms with van der Waals surface area (Å²) in [5, 5.41) is 9.21. The summed E-state index contributed by atoms with van der Waals surface area (Å²) < 4.78 is 99.3. The van der Waals surface area contributed by atoms with Crippen molar-refractivity contribution in [3.8, 4) is 0 Å². The number of rotatable bonds is 6. The SMILES string of the molecule is CC(=O)Nc1cc(N)ccc1N=Nc1cc2c(S(=O)(=O)O)cc(S(=O)(=O)O)cc2cc1S(=O)(=O)O.[Na].[Na].[Na]. The van der Waals surface area contributed by atoms with Gasteiger partial charge in [-0.1, -0.05) is 0 Å². The van der Waals surface area contributed by atoms with Gasteiger partial charge in [0, 0.05) is 107 Å². The average molecular weight is 614 g/mol. The topological polar surface area (TPSA) is 243 Å². The average Bonchev–Trinajstić information content (AvgIpc) is 2.69. The first-order valence-corrected chi connectivity index (χ1v) is 13.4. The monoisotopic (exact) mass is 613 g/mol. The van der Waals surface area contributed by atoms with Gasteiger partial charge in [-0.15, -0.1) is 10.2 Å². The molecule has 189 valence electrons. The number of nitrogens with zero attached hydrogens (tertiary/aromatic N) is 2. The molecule has 3 aromatic carbocycles. The van der Waals surface area contributed by atoms with Crippen LogP contribution in [-0.2, 0) is 35.1 Å². The molecule has 0 aliphatic heterocycles. The Bertz CT molecular complexity index is 1750. The van der Waals surface area contributed by atoms with E-state index in [0.717, 1.165) is 12.1 Å². The summed E-state index contributed by atoms with van der Waals surface area (Å²) in [6.07, 6.45) is 0. The quantitative estimate of drug-likeness (QED) is 0.115. The van der Waals surface area contributed by atoms with E-state index in [1.807, 2.05) is 0 Å². The summed E-state index contributed by atoms with van der Waals surface area (Å²) in [5.74, 6) is -0.483. The summed E-state index contributed by atoms with van der Waals surface area (Å²) >= 11 is 0. The van der Waals surface area contributed by atoms with Crippen molar-refractivity contribution in [2.75, 3.05) is 11.1 Å². The molecule has 3 rings (SSSR count). The molecule has 20 heteroatoms. The number of hydrogen-bond donors (Lipinski definition) is 5. The second-order valence-electron chi connectivity index (χ2n) is 7.05. The molecule has 3 radical (unpaired) electrons. The molecule has 0 saturated heterocycles. The van der Waals surface area contributed by atoms with Crippen LogP contribution in [0.5, 0.6) is 0 Å². The fourth-order valence-corrected chi connectivity index (χ4v) is 4.99. The van der Waals surface area contributed by atoms with Crippen LogP contribution in [0.2, 0.25) is 0 Å². The van der Waals surface area contributed by atoms with E-state index in [1.165, 1.54) is 25.1 Å². The fraction of sp³-hybridized carbons (Fsp3) is 0.0556. The summed E-state index contributed by atoms with van der Waals surface area (Å²) in [6.45, 7) is 1.21. The van der Waals surface area contributed by atoms with E-state index >= 15 is 0 Å². The zero-order chi connectivity index (χ0) is 26.3. The summed E-state index contributed by atoms with van der Waals surface area (Å²) in [5.41, 5.74) is 5.44. The van der Waals surface area contributed by atoms with Crippen molar-refractivity contribution in [3.05, 3.63) is 42.5 Å². The van der Waals surface area contributed by atoms with Gasteiger partial charge in [-0.05, 0) is 47.9 Å². The molecule has 0 atom stereocenters. The van der Waals surface area contributed by atoms with E-state index < -0.39 is 67.4 Å². The number of hydrogen-bond acceptors (Lipinski definition) is 10. The van der Waals surface area contributed by atoms with Gasteiger partial charge in [-0.25, -0.2) is 0 Å². The van der Waals surface area contributed by atoms with Crippen molar-refractivity contribution in [2.45, 2.75) is 21.6 Å². The smallest absolute Gasteiger partial charge is 0.296 e. The summed E-state index contributed by atoms with van der Waals surface area (Å²) in [6, 6.07) is 6.75. The summed E-state index contributed by atoms with van der Waals surface area (Å²) in [7, 11) is -15.1. The zero-order valence-corrected chi connectivity index (χ0v) is 28.9. The molecule has 6 N–H and O–H groups in total. The van der Waals surface area contributed by atoms with E-state index in [-0.39, 0.29) is 106 Å². The Kier molecular flexibility index (Phi) is 13.8. The fourth-order valence-electron chi connectivity index (χ4n) is 3.00. The molecule has 0 unspecified atom stereocenters. The van der Waals surface area contributed by atoms with Gasteiger partial charge in [0.25, 0.3) is 30.4 Å². The molecule has 14 nitrogen and oxygen atoms in total. The first-order chi connectivity index (χ1) is 16.0. The number of benzene rings is 3. The van der Waals surface area contributed by atoms with Crippen LogP contribution in [0.15, 0.2) is 67.4 Å². The molecule has 0 aromatic heterocycles. The Hall–Kier alpha value is -0.480. The van der Waals surface area contributed by atoms with Crippen molar-refractivity contribution >= 4 is 158 Å². The van der Waals surface area contributed by atoms with Crippen LogP contribution in [0.25, 0.3) is 10.8 Å². The van der Waals surface area contributed by atoms with Gasteiger partial charge in [0.05, 0.1) is 10.6 Å². The van der Waals surface area contributed by atoms with Crippen LogP contribution in [0.4, 0.5) is 22.7 Å². The molecule has 38 heavy (non-hydrogen) atoms. The Morgan fingerprint density at radius 1 is 0.763 bits per heavy atom. The Labute approximate surface area is 284 Å². The van der Waals surface area contributed by atoms with Crippen LogP contribution in [0.1, 0.15) is 6.92 Å². The molecule has 0 aliphatic carbocycles. The van der Waals surface area contributed by atoms with Crippen LogP contribution in [0.3, 0.4) is 0 Å². The Balaban J connectivity index is 0.00000456. The van der Waals surface area contributed by atoms with Crippen molar-refractivity contribution in [1.82, 2.24) is 0 Å². The van der Waals surface area contributed by atoms with Gasteiger partial charge in [-0.3, -0.25) is 18.5 Å². The number of carbonyl (C=O) groups excluding carboxylic acids is 1. The first kappa shape index (κ1) is 37.5. The van der Waals surface area contributed by atoms with Crippen molar-refractivity contribution in [1.29, 1.82) is 0 Å². The van der Waals surface area contributed by atoms with E-state index in [9.17, 15) is 43.7 Å². The largest absolute Gasteiger partial charge is 0.399 e. The third-order valence-corrected chi connectivity index (χ3v) is 7.03. The number of amides is 1. The molecule has 0 aliphatic rings. The molecular weight excluding hydrogens is 597 g/mol. The van der Waals surface area contributed by atoms with E-state index in [4.69, 9.17) is 5.73 Å². The van der Waals surface area contributed by atoms with Crippen LogP contribution < -0.4 is 11.1 Å². The second-order valence-corrected chi connectivity index (χ2v) is 11.2. The maximum Gasteiger partial charge on any atom is 0.296 e. The number of carbonyl (C=O) groups is 1. The van der Waals surface area contributed by atoms with E-state index in [2.05, 4.69) is 15.5 Å². The number of fused-ring (bicyclic) bond motifs is 1. The molecule has 0 fully saturated rings. The molecule has 1 amide bonds. The maximum atomic E-state index is 12.0. The van der Waals surface area contributed by atoms with Gasteiger partial charge in [0.15, 0.2) is 0 Å². The van der Waals surface area contributed by atoms with Crippen LogP contribution in [-0.4, -0.2) is 133 Å². The van der Waals surface area contributed by atoms with Crippen molar-refractivity contribution < 1.29 is 43.7 Å². The standard InChI is InChI=1S/C18H16N4O10S3.3Na/c1-9(23)20-15-6-11(19)2-3-14(15)21-22-16-8-13-10(5-18(16)35(30,31)32)4-12(33(24,25)26)7-17(13)34(27,28)29;;;/h2-8H,19H2,1H3,(H,20,23)(H,24,25,26)(H,27,28,29)(H,30,31,32);;;. The molecular formula is C18H16N4Na3O10S3. The minimum atomic E-state index is -5.09. The number of nitrogens with two attached hydrogens (primary N) is 1. The van der Waals surface area contributed by atoms with Gasteiger partial charge in [0.2, 0.25) is 5.91 Å². The Morgan fingerprint density at radius 3 is 1.82 bits per heavy atom. The molecule has 0 spiro atoms. The van der Waals surface area contributed by atoms with E-state index in [0.29, 0.717) is 12.1 Å². The third kappa shape index (κ3) is 9.28. The molecule has 0 saturated carbocycles. The van der Waals surface area contributed by atoms with Gasteiger partial charge < -0.3 is 11.1 Å². The van der Waals surface area contributed by atoms with Crippen LogP contribution >= 0.6 is 0 Å². The van der Waals surface area contributed by atoms with Crippen molar-refractivity contribution in [3.63, 3.8) is 0 Å². The molecule has 3 aromatic rings.